The van der Waals surface area contributed by atoms with Crippen LogP contribution in [0, 0.1) is 11.3 Å². The lowest BCUT2D eigenvalue weighted by atomic mass is 10.1. The number of ether oxygens (including phenoxy) is 1. The molecule has 0 spiro atoms. The van der Waals surface area contributed by atoms with Gasteiger partial charge in [0, 0.05) is 11.3 Å². The number of benzene rings is 2. The van der Waals surface area contributed by atoms with Crippen LogP contribution in [-0.2, 0) is 0 Å². The van der Waals surface area contributed by atoms with Crippen LogP contribution >= 0.6 is 0 Å². The molecular formula is C17H18N2O. The quantitative estimate of drug-likeness (QED) is 0.885. The molecule has 1 atom stereocenters. The van der Waals surface area contributed by atoms with Crippen molar-refractivity contribution in [1.82, 2.24) is 0 Å². The van der Waals surface area contributed by atoms with Gasteiger partial charge in [-0.15, -0.1) is 0 Å². The Morgan fingerprint density at radius 1 is 1.20 bits per heavy atom. The molecule has 0 bridgehead atoms. The predicted molar refractivity (Wildman–Crippen MR) is 80.8 cm³/mol. The molecule has 0 amide bonds. The first-order chi connectivity index (χ1) is 9.74. The third-order valence-electron chi connectivity index (χ3n) is 3.06. The van der Waals surface area contributed by atoms with Crippen LogP contribution in [0.25, 0.3) is 0 Å². The standard InChI is InChI=1S/C17H18N2O/c1-3-20-17-10-5-4-9-16(17)13(2)19-15-8-6-7-14(11-15)12-18/h4-11,13,19H,3H2,1-2H3. The Bertz CT molecular complexity index is 616. The molecular weight excluding hydrogens is 248 g/mol. The highest BCUT2D eigenvalue weighted by molar-refractivity contribution is 5.51. The summed E-state index contributed by atoms with van der Waals surface area (Å²) >= 11 is 0. The minimum Gasteiger partial charge on any atom is -0.494 e. The predicted octanol–water partition coefficient (Wildman–Crippen LogP) is 4.13. The van der Waals surface area contributed by atoms with E-state index in [0.717, 1.165) is 17.0 Å². The Morgan fingerprint density at radius 2 is 2.00 bits per heavy atom. The van der Waals surface area contributed by atoms with Crippen molar-refractivity contribution < 1.29 is 4.74 Å². The smallest absolute Gasteiger partial charge is 0.124 e. The zero-order valence-electron chi connectivity index (χ0n) is 11.8. The summed E-state index contributed by atoms with van der Waals surface area (Å²) in [7, 11) is 0. The van der Waals surface area contributed by atoms with Crippen LogP contribution in [0.4, 0.5) is 5.69 Å². The van der Waals surface area contributed by atoms with Crippen molar-refractivity contribution in [2.75, 3.05) is 11.9 Å². The fraction of sp³-hybridized carbons (Fsp3) is 0.235. The molecule has 0 aliphatic carbocycles. The van der Waals surface area contributed by atoms with Gasteiger partial charge in [0.2, 0.25) is 0 Å². The van der Waals surface area contributed by atoms with Crippen molar-refractivity contribution in [3.8, 4) is 11.8 Å². The van der Waals surface area contributed by atoms with Crippen LogP contribution < -0.4 is 10.1 Å². The zero-order chi connectivity index (χ0) is 14.4. The van der Waals surface area contributed by atoms with Gasteiger partial charge in [0.25, 0.3) is 0 Å². The van der Waals surface area contributed by atoms with Crippen molar-refractivity contribution in [2.24, 2.45) is 0 Å². The van der Waals surface area contributed by atoms with Crippen LogP contribution in [0.5, 0.6) is 5.75 Å². The Balaban J connectivity index is 2.19. The van der Waals surface area contributed by atoms with Gasteiger partial charge >= 0.3 is 0 Å². The number of nitriles is 1. The molecule has 20 heavy (non-hydrogen) atoms. The Kier molecular flexibility index (Phi) is 4.62. The Morgan fingerprint density at radius 3 is 2.75 bits per heavy atom. The molecule has 0 aliphatic rings. The van der Waals surface area contributed by atoms with E-state index in [4.69, 9.17) is 10.00 Å². The fourth-order valence-electron chi connectivity index (χ4n) is 2.13. The molecule has 102 valence electrons. The van der Waals surface area contributed by atoms with Gasteiger partial charge in [0.1, 0.15) is 5.75 Å². The first kappa shape index (κ1) is 14.0. The summed E-state index contributed by atoms with van der Waals surface area (Å²) in [6.07, 6.45) is 0. The van der Waals surface area contributed by atoms with Crippen molar-refractivity contribution in [2.45, 2.75) is 19.9 Å². The summed E-state index contributed by atoms with van der Waals surface area (Å²) in [6.45, 7) is 4.70. The molecule has 2 rings (SSSR count). The zero-order valence-corrected chi connectivity index (χ0v) is 11.8. The van der Waals surface area contributed by atoms with Crippen molar-refractivity contribution in [3.63, 3.8) is 0 Å². The number of nitrogens with zero attached hydrogens (tertiary/aromatic N) is 1. The minimum absolute atomic E-state index is 0.103. The number of nitrogens with one attached hydrogen (secondary N) is 1. The summed E-state index contributed by atoms with van der Waals surface area (Å²) in [5, 5.41) is 12.3. The second-order valence-corrected chi connectivity index (χ2v) is 4.53. The summed E-state index contributed by atoms with van der Waals surface area (Å²) in [4.78, 5) is 0. The maximum atomic E-state index is 8.93. The number of anilines is 1. The Labute approximate surface area is 119 Å². The molecule has 0 saturated heterocycles. The molecule has 1 N–H and O–H groups in total. The summed E-state index contributed by atoms with van der Waals surface area (Å²) in [5.41, 5.74) is 2.69. The molecule has 0 radical (unpaired) electrons. The lowest BCUT2D eigenvalue weighted by Crippen LogP contribution is -2.09. The number of para-hydroxylation sites is 1. The van der Waals surface area contributed by atoms with E-state index >= 15 is 0 Å². The lowest BCUT2D eigenvalue weighted by molar-refractivity contribution is 0.335. The molecule has 0 fully saturated rings. The number of hydrogen-bond donors (Lipinski definition) is 1. The maximum Gasteiger partial charge on any atom is 0.124 e. The molecule has 2 aromatic carbocycles. The first-order valence-corrected chi connectivity index (χ1v) is 6.73. The van der Waals surface area contributed by atoms with Crippen LogP contribution in [0.1, 0.15) is 31.0 Å². The molecule has 0 aliphatic heterocycles. The van der Waals surface area contributed by atoms with E-state index < -0.39 is 0 Å². The van der Waals surface area contributed by atoms with E-state index in [1.807, 2.05) is 43.3 Å². The van der Waals surface area contributed by atoms with E-state index in [9.17, 15) is 0 Å². The van der Waals surface area contributed by atoms with Gasteiger partial charge in [0.15, 0.2) is 0 Å². The molecule has 2 aromatic rings. The van der Waals surface area contributed by atoms with E-state index in [0.29, 0.717) is 12.2 Å². The average molecular weight is 266 g/mol. The first-order valence-electron chi connectivity index (χ1n) is 6.73. The fourth-order valence-corrected chi connectivity index (χ4v) is 2.13. The van der Waals surface area contributed by atoms with Gasteiger partial charge in [-0.05, 0) is 38.1 Å². The molecule has 1 unspecified atom stereocenters. The molecule has 0 saturated carbocycles. The molecule has 3 nitrogen and oxygen atoms in total. The molecule has 0 heterocycles. The second-order valence-electron chi connectivity index (χ2n) is 4.53. The van der Waals surface area contributed by atoms with Crippen LogP contribution in [-0.4, -0.2) is 6.61 Å². The highest BCUT2D eigenvalue weighted by Crippen LogP contribution is 2.27. The second kappa shape index (κ2) is 6.63. The van der Waals surface area contributed by atoms with Gasteiger partial charge in [-0.25, -0.2) is 0 Å². The largest absolute Gasteiger partial charge is 0.494 e. The van der Waals surface area contributed by atoms with Gasteiger partial charge < -0.3 is 10.1 Å². The van der Waals surface area contributed by atoms with Crippen LogP contribution in [0.3, 0.4) is 0 Å². The van der Waals surface area contributed by atoms with Gasteiger partial charge in [-0.1, -0.05) is 24.3 Å². The SMILES string of the molecule is CCOc1ccccc1C(C)Nc1cccc(C#N)c1. The van der Waals surface area contributed by atoms with Crippen molar-refractivity contribution in [1.29, 1.82) is 5.26 Å². The van der Waals surface area contributed by atoms with Crippen molar-refractivity contribution in [3.05, 3.63) is 59.7 Å². The van der Waals surface area contributed by atoms with Crippen LogP contribution in [0.15, 0.2) is 48.5 Å². The van der Waals surface area contributed by atoms with Crippen LogP contribution in [0.2, 0.25) is 0 Å². The molecule has 0 aromatic heterocycles. The van der Waals surface area contributed by atoms with Gasteiger partial charge in [0.05, 0.1) is 24.3 Å². The van der Waals surface area contributed by atoms with Crippen molar-refractivity contribution >= 4 is 5.69 Å². The highest BCUT2D eigenvalue weighted by atomic mass is 16.5. The third kappa shape index (κ3) is 3.30. The maximum absolute atomic E-state index is 8.93. The van der Waals surface area contributed by atoms with Gasteiger partial charge in [-0.2, -0.15) is 5.26 Å². The Hall–Kier alpha value is -2.47. The third-order valence-corrected chi connectivity index (χ3v) is 3.06. The number of hydrogen-bond acceptors (Lipinski definition) is 3. The minimum atomic E-state index is 0.103. The number of rotatable bonds is 5. The van der Waals surface area contributed by atoms with Gasteiger partial charge in [-0.3, -0.25) is 0 Å². The highest BCUT2D eigenvalue weighted by Gasteiger charge is 2.11. The van der Waals surface area contributed by atoms with E-state index in [1.165, 1.54) is 0 Å². The average Bonchev–Trinajstić information content (AvgIpc) is 2.48. The molecule has 3 heteroatoms. The summed E-state index contributed by atoms with van der Waals surface area (Å²) in [6, 6.07) is 17.7. The van der Waals surface area contributed by atoms with E-state index in [1.54, 1.807) is 6.07 Å². The monoisotopic (exact) mass is 266 g/mol. The lowest BCUT2D eigenvalue weighted by Gasteiger charge is -2.19. The van der Waals surface area contributed by atoms with E-state index in [2.05, 4.69) is 24.4 Å². The normalized spacial score (nSPS) is 11.4. The summed E-state index contributed by atoms with van der Waals surface area (Å²) in [5.74, 6) is 0.895. The van der Waals surface area contributed by atoms with E-state index in [-0.39, 0.29) is 6.04 Å². The summed E-state index contributed by atoms with van der Waals surface area (Å²) < 4.78 is 5.65. The topological polar surface area (TPSA) is 45.0 Å².